The highest BCUT2D eigenvalue weighted by Crippen LogP contribution is 2.43. The molecule has 1 N–H and O–H groups in total. The quantitative estimate of drug-likeness (QED) is 0.0212. The number of allylic oxidation sites excluding steroid dienone is 4. The predicted molar refractivity (Wildman–Crippen MR) is 257 cm³/mol. The number of ether oxygens (including phenoxy) is 2. The second-order valence-electron chi connectivity index (χ2n) is 18.6. The fourth-order valence-electron chi connectivity index (χ4n) is 7.24. The molecule has 9 nitrogen and oxygen atoms in total. The zero-order valence-electron chi connectivity index (χ0n) is 40.7. The van der Waals surface area contributed by atoms with E-state index in [2.05, 4.69) is 38.2 Å². The lowest BCUT2D eigenvalue weighted by Crippen LogP contribution is -2.37. The zero-order chi connectivity index (χ0) is 45.0. The number of esters is 2. The van der Waals surface area contributed by atoms with Gasteiger partial charge in [0, 0.05) is 12.8 Å². The molecule has 1 unspecified atom stereocenters. The van der Waals surface area contributed by atoms with Gasteiger partial charge in [-0.3, -0.25) is 18.6 Å². The molecule has 0 heterocycles. The maximum atomic E-state index is 12.8. The number of likely N-dealkylation sites (N-methyl/N-ethyl adjacent to an activating group) is 1. The van der Waals surface area contributed by atoms with Crippen LogP contribution in [0.2, 0.25) is 0 Å². The monoisotopic (exact) mass is 885 g/mol. The summed E-state index contributed by atoms with van der Waals surface area (Å²) in [5.74, 6) is -0.804. The molecule has 0 radical (unpaired) electrons. The molecule has 0 rings (SSSR count). The molecule has 0 bridgehead atoms. The third kappa shape index (κ3) is 47.8. The molecule has 0 aromatic rings. The van der Waals surface area contributed by atoms with Gasteiger partial charge in [-0.15, -0.1) is 0 Å². The topological polar surface area (TPSA) is 108 Å². The summed E-state index contributed by atoms with van der Waals surface area (Å²) in [4.78, 5) is 35.5. The lowest BCUT2D eigenvalue weighted by Gasteiger charge is -2.24. The molecule has 0 fully saturated rings. The number of rotatable bonds is 47. The van der Waals surface area contributed by atoms with E-state index in [4.69, 9.17) is 18.5 Å². The Bertz CT molecular complexity index is 1090. The maximum absolute atomic E-state index is 12.8. The van der Waals surface area contributed by atoms with Gasteiger partial charge in [0.15, 0.2) is 6.10 Å². The Morgan fingerprint density at radius 3 is 1.28 bits per heavy atom. The summed E-state index contributed by atoms with van der Waals surface area (Å²) < 4.78 is 34.4. The lowest BCUT2D eigenvalue weighted by atomic mass is 10.0. The van der Waals surface area contributed by atoms with E-state index in [0.29, 0.717) is 17.4 Å². The van der Waals surface area contributed by atoms with Crippen LogP contribution in [0, 0.1) is 0 Å². The van der Waals surface area contributed by atoms with Crippen LogP contribution < -0.4 is 0 Å². The van der Waals surface area contributed by atoms with Crippen molar-refractivity contribution in [2.45, 2.75) is 245 Å². The van der Waals surface area contributed by atoms with Crippen LogP contribution >= 0.6 is 7.82 Å². The third-order valence-electron chi connectivity index (χ3n) is 11.3. The number of nitrogens with zero attached hydrogens (tertiary/aromatic N) is 1. The van der Waals surface area contributed by atoms with Gasteiger partial charge in [0.2, 0.25) is 0 Å². The van der Waals surface area contributed by atoms with Gasteiger partial charge in [0.25, 0.3) is 0 Å². The molecular formula is C51H99NO8P+. The van der Waals surface area contributed by atoms with Gasteiger partial charge in [-0.25, -0.2) is 4.57 Å². The van der Waals surface area contributed by atoms with Crippen molar-refractivity contribution in [1.29, 1.82) is 0 Å². The third-order valence-corrected chi connectivity index (χ3v) is 12.2. The summed E-state index contributed by atoms with van der Waals surface area (Å²) in [6.45, 7) is 4.42. The maximum Gasteiger partial charge on any atom is 0.472 e. The largest absolute Gasteiger partial charge is 0.472 e. The van der Waals surface area contributed by atoms with Gasteiger partial charge in [0.1, 0.15) is 19.8 Å². The van der Waals surface area contributed by atoms with Gasteiger partial charge < -0.3 is 18.9 Å². The van der Waals surface area contributed by atoms with E-state index in [1.165, 1.54) is 148 Å². The minimum absolute atomic E-state index is 0.0313. The number of phosphoric ester groups is 1. The van der Waals surface area contributed by atoms with Crippen molar-refractivity contribution in [3.05, 3.63) is 24.3 Å². The summed E-state index contributed by atoms with van der Waals surface area (Å²) in [7, 11) is 1.48. The van der Waals surface area contributed by atoms with E-state index in [1.54, 1.807) is 0 Å². The Hall–Kier alpha value is -1.51. The molecule has 0 aliphatic heterocycles. The van der Waals surface area contributed by atoms with E-state index in [9.17, 15) is 19.0 Å². The van der Waals surface area contributed by atoms with Gasteiger partial charge >= 0.3 is 19.8 Å². The first kappa shape index (κ1) is 59.5. The minimum atomic E-state index is -4.38. The van der Waals surface area contributed by atoms with Crippen LogP contribution in [0.15, 0.2) is 24.3 Å². The molecule has 0 aliphatic carbocycles. The summed E-state index contributed by atoms with van der Waals surface area (Å²) in [5, 5.41) is 0. The number of carbonyl (C=O) groups excluding carboxylic acids is 2. The van der Waals surface area contributed by atoms with E-state index in [1.807, 2.05) is 21.1 Å². The van der Waals surface area contributed by atoms with E-state index in [-0.39, 0.29) is 32.0 Å². The van der Waals surface area contributed by atoms with Crippen LogP contribution in [0.5, 0.6) is 0 Å². The number of hydrogen-bond acceptors (Lipinski definition) is 7. The van der Waals surface area contributed by atoms with Crippen molar-refractivity contribution in [1.82, 2.24) is 0 Å². The second kappa shape index (κ2) is 43.7. The number of quaternary nitrogens is 1. The van der Waals surface area contributed by atoms with Crippen LogP contribution in [-0.2, 0) is 32.7 Å². The van der Waals surface area contributed by atoms with E-state index in [0.717, 1.165) is 57.8 Å². The molecule has 0 aromatic heterocycles. The first-order chi connectivity index (χ1) is 29.5. The molecule has 2 atom stereocenters. The summed E-state index contributed by atoms with van der Waals surface area (Å²) >= 11 is 0. The Kier molecular flexibility index (Phi) is 42.6. The molecular weight excluding hydrogens is 786 g/mol. The Morgan fingerprint density at radius 1 is 0.508 bits per heavy atom. The number of unbranched alkanes of at least 4 members (excludes halogenated alkanes) is 30. The fraction of sp³-hybridized carbons (Fsp3) is 0.882. The molecule has 61 heavy (non-hydrogen) atoms. The highest BCUT2D eigenvalue weighted by atomic mass is 31.2. The highest BCUT2D eigenvalue weighted by molar-refractivity contribution is 7.47. The molecule has 0 saturated heterocycles. The molecule has 0 saturated carbocycles. The van der Waals surface area contributed by atoms with Gasteiger partial charge in [-0.1, -0.05) is 212 Å². The van der Waals surface area contributed by atoms with Gasteiger partial charge in [-0.05, 0) is 38.5 Å². The van der Waals surface area contributed by atoms with Crippen molar-refractivity contribution in [3.63, 3.8) is 0 Å². The van der Waals surface area contributed by atoms with Crippen LogP contribution in [0.4, 0.5) is 0 Å². The van der Waals surface area contributed by atoms with Crippen molar-refractivity contribution in [2.75, 3.05) is 47.5 Å². The molecule has 0 aliphatic rings. The van der Waals surface area contributed by atoms with Crippen molar-refractivity contribution in [2.24, 2.45) is 0 Å². The highest BCUT2D eigenvalue weighted by Gasteiger charge is 2.27. The van der Waals surface area contributed by atoms with E-state index >= 15 is 0 Å². The fourth-order valence-corrected chi connectivity index (χ4v) is 7.98. The molecule has 360 valence electrons. The summed E-state index contributed by atoms with van der Waals surface area (Å²) in [5.41, 5.74) is 0. The van der Waals surface area contributed by atoms with Crippen LogP contribution in [0.1, 0.15) is 239 Å². The summed E-state index contributed by atoms with van der Waals surface area (Å²) in [6.07, 6.45) is 49.4. The normalized spacial score (nSPS) is 13.6. The smallest absolute Gasteiger partial charge is 0.462 e. The Balaban J connectivity index is 4.22. The van der Waals surface area contributed by atoms with Crippen molar-refractivity contribution in [3.8, 4) is 0 Å². The number of carbonyl (C=O) groups is 2. The van der Waals surface area contributed by atoms with Crippen molar-refractivity contribution < 1.29 is 42.1 Å². The SMILES string of the molecule is CCCCCC/C=C/C=C/CCCCCCCC(=O)OC[C@H](COP(=O)(O)OCC[N+](C)(C)C)OC(=O)CCCCCCCCCCCCCCCCCCCCCCCC. The Morgan fingerprint density at radius 2 is 0.869 bits per heavy atom. The van der Waals surface area contributed by atoms with Crippen LogP contribution in [-0.4, -0.2) is 74.9 Å². The van der Waals surface area contributed by atoms with Gasteiger partial charge in [0.05, 0.1) is 27.7 Å². The second-order valence-corrected chi connectivity index (χ2v) is 20.0. The van der Waals surface area contributed by atoms with Crippen molar-refractivity contribution >= 4 is 19.8 Å². The van der Waals surface area contributed by atoms with Gasteiger partial charge in [-0.2, -0.15) is 0 Å². The predicted octanol–water partition coefficient (Wildman–Crippen LogP) is 15.1. The first-order valence-corrected chi connectivity index (χ1v) is 27.1. The zero-order valence-corrected chi connectivity index (χ0v) is 41.6. The first-order valence-electron chi connectivity index (χ1n) is 25.6. The van der Waals surface area contributed by atoms with Crippen LogP contribution in [0.25, 0.3) is 0 Å². The molecule has 0 aromatic carbocycles. The lowest BCUT2D eigenvalue weighted by molar-refractivity contribution is -0.870. The standard InChI is InChI=1S/C51H98NO8P/c1-6-8-10-12-14-16-18-20-22-23-24-25-26-27-28-30-32-34-36-38-40-42-44-51(54)60-49(48-59-61(55,56)58-46-45-52(3,4)5)47-57-50(53)43-41-39-37-35-33-31-29-21-19-17-15-13-11-9-7-2/h17,19,21,29,49H,6-16,18,20,22-28,30-48H2,1-5H3/p+1/b19-17+,29-21+/t49-/m1/s1. The average molecular weight is 885 g/mol. The number of phosphoric acid groups is 1. The van der Waals surface area contributed by atoms with Crippen LogP contribution in [0.3, 0.4) is 0 Å². The summed E-state index contributed by atoms with van der Waals surface area (Å²) in [6, 6.07) is 0. The average Bonchev–Trinajstić information content (AvgIpc) is 3.21. The Labute approximate surface area is 377 Å². The number of hydrogen-bond donors (Lipinski definition) is 1. The molecule has 0 spiro atoms. The van der Waals surface area contributed by atoms with E-state index < -0.39 is 26.5 Å². The minimum Gasteiger partial charge on any atom is -0.462 e. The molecule has 10 heteroatoms. The molecule has 0 amide bonds.